The minimum atomic E-state index is 0.292. The zero-order valence-electron chi connectivity index (χ0n) is 10.5. The molecule has 94 valence electrons. The van der Waals surface area contributed by atoms with E-state index < -0.39 is 0 Å². The third-order valence-electron chi connectivity index (χ3n) is 3.30. The molecule has 1 aliphatic rings. The van der Waals surface area contributed by atoms with Gasteiger partial charge in [0, 0.05) is 31.9 Å². The van der Waals surface area contributed by atoms with Gasteiger partial charge >= 0.3 is 0 Å². The molecule has 0 aliphatic carbocycles. The predicted octanol–water partition coefficient (Wildman–Crippen LogP) is 1.86. The summed E-state index contributed by atoms with van der Waals surface area (Å²) in [5.74, 6) is 0. The molecule has 0 aromatic heterocycles. The second-order valence-electron chi connectivity index (χ2n) is 4.49. The largest absolute Gasteiger partial charge is 0.514 e. The molecule has 1 saturated heterocycles. The van der Waals surface area contributed by atoms with Crippen LogP contribution in [0.3, 0.4) is 0 Å². The van der Waals surface area contributed by atoms with Crippen LogP contribution in [0.15, 0.2) is 30.5 Å². The molecular formula is C14H17N3O. The van der Waals surface area contributed by atoms with Crippen LogP contribution in [0.25, 0.3) is 5.57 Å². The molecule has 0 unspecified atom stereocenters. The Bertz CT molecular complexity index is 465. The fraction of sp³-hybridized carbons (Fsp3) is 0.357. The van der Waals surface area contributed by atoms with E-state index in [0.717, 1.165) is 38.0 Å². The first-order chi connectivity index (χ1) is 8.74. The van der Waals surface area contributed by atoms with Gasteiger partial charge in [-0.1, -0.05) is 12.1 Å². The van der Waals surface area contributed by atoms with Crippen molar-refractivity contribution in [1.82, 2.24) is 4.90 Å². The summed E-state index contributed by atoms with van der Waals surface area (Å²) in [5.41, 5.74) is 2.21. The van der Waals surface area contributed by atoms with Crippen molar-refractivity contribution in [2.45, 2.75) is 0 Å². The van der Waals surface area contributed by atoms with Crippen LogP contribution in [-0.2, 0) is 0 Å². The van der Waals surface area contributed by atoms with Crippen molar-refractivity contribution in [3.63, 3.8) is 0 Å². The molecule has 4 nitrogen and oxygen atoms in total. The first-order valence-electron chi connectivity index (χ1n) is 6.03. The maximum absolute atomic E-state index is 8.93. The van der Waals surface area contributed by atoms with Crippen molar-refractivity contribution in [3.05, 3.63) is 36.1 Å². The highest BCUT2D eigenvalue weighted by Gasteiger charge is 2.14. The first kappa shape index (κ1) is 12.5. The van der Waals surface area contributed by atoms with Gasteiger partial charge in [0.25, 0.3) is 0 Å². The summed E-state index contributed by atoms with van der Waals surface area (Å²) >= 11 is 0. The monoisotopic (exact) mass is 243 g/mol. The lowest BCUT2D eigenvalue weighted by molar-refractivity contribution is 0.313. The Morgan fingerprint density at radius 3 is 2.33 bits per heavy atom. The highest BCUT2D eigenvalue weighted by Crippen LogP contribution is 2.20. The summed E-state index contributed by atoms with van der Waals surface area (Å²) in [6, 6.07) is 9.71. The van der Waals surface area contributed by atoms with Crippen LogP contribution >= 0.6 is 0 Å². The molecular weight excluding hydrogens is 226 g/mol. The third-order valence-corrected chi connectivity index (χ3v) is 3.30. The molecule has 18 heavy (non-hydrogen) atoms. The van der Waals surface area contributed by atoms with E-state index in [1.165, 1.54) is 5.69 Å². The van der Waals surface area contributed by atoms with Gasteiger partial charge in [0.1, 0.15) is 6.07 Å². The number of aliphatic hydroxyl groups is 1. The van der Waals surface area contributed by atoms with Crippen LogP contribution in [0.1, 0.15) is 5.56 Å². The highest BCUT2D eigenvalue weighted by molar-refractivity contribution is 5.76. The Kier molecular flexibility index (Phi) is 3.85. The number of anilines is 1. The summed E-state index contributed by atoms with van der Waals surface area (Å²) in [6.45, 7) is 4.19. The van der Waals surface area contributed by atoms with Gasteiger partial charge in [-0.15, -0.1) is 0 Å². The zero-order valence-corrected chi connectivity index (χ0v) is 10.5. The summed E-state index contributed by atoms with van der Waals surface area (Å²) in [7, 11) is 2.13. The SMILES string of the molecule is CN1CCN(c2ccc(/C(C#N)=C\O)cc2)CC1. The normalized spacial score (nSPS) is 17.6. The molecule has 4 heteroatoms. The summed E-state index contributed by atoms with van der Waals surface area (Å²) < 4.78 is 0. The molecule has 1 aromatic rings. The second kappa shape index (κ2) is 5.56. The van der Waals surface area contributed by atoms with Gasteiger partial charge < -0.3 is 14.9 Å². The topological polar surface area (TPSA) is 50.5 Å². The van der Waals surface area contributed by atoms with Crippen molar-refractivity contribution in [1.29, 1.82) is 5.26 Å². The van der Waals surface area contributed by atoms with Crippen LogP contribution < -0.4 is 4.90 Å². The van der Waals surface area contributed by atoms with Crippen LogP contribution in [0.5, 0.6) is 0 Å². The van der Waals surface area contributed by atoms with E-state index in [9.17, 15) is 0 Å². The molecule has 0 radical (unpaired) electrons. The number of hydrogen-bond acceptors (Lipinski definition) is 4. The minimum Gasteiger partial charge on any atom is -0.514 e. The maximum Gasteiger partial charge on any atom is 0.103 e. The van der Waals surface area contributed by atoms with E-state index in [1.807, 2.05) is 30.3 Å². The van der Waals surface area contributed by atoms with Crippen LogP contribution in [0.2, 0.25) is 0 Å². The van der Waals surface area contributed by atoms with Gasteiger partial charge in [-0.25, -0.2) is 0 Å². The van der Waals surface area contributed by atoms with E-state index in [-0.39, 0.29) is 0 Å². The lowest BCUT2D eigenvalue weighted by atomic mass is 10.1. The van der Waals surface area contributed by atoms with Gasteiger partial charge in [-0.05, 0) is 24.7 Å². The summed E-state index contributed by atoms with van der Waals surface area (Å²) in [5, 5.41) is 17.8. The van der Waals surface area contributed by atoms with E-state index >= 15 is 0 Å². The molecule has 0 saturated carbocycles. The molecule has 1 aromatic carbocycles. The van der Waals surface area contributed by atoms with Crippen molar-refractivity contribution in [2.24, 2.45) is 0 Å². The Hall–Kier alpha value is -1.99. The standard InChI is InChI=1S/C14H17N3O/c1-16-6-8-17(9-7-16)14-4-2-12(3-5-14)13(10-15)11-18/h2-5,11,18H,6-9H2,1H3/b13-11-. The average molecular weight is 243 g/mol. The molecule has 2 rings (SSSR count). The van der Waals surface area contributed by atoms with Crippen LogP contribution in [0, 0.1) is 11.3 Å². The maximum atomic E-state index is 8.93. The molecule has 0 spiro atoms. The number of nitrogens with zero attached hydrogens (tertiary/aromatic N) is 3. The van der Waals surface area contributed by atoms with Crippen molar-refractivity contribution in [2.75, 3.05) is 38.1 Å². The van der Waals surface area contributed by atoms with E-state index in [2.05, 4.69) is 16.8 Å². The fourth-order valence-electron chi connectivity index (χ4n) is 2.08. The van der Waals surface area contributed by atoms with Gasteiger partial charge in [-0.3, -0.25) is 0 Å². The molecule has 1 fully saturated rings. The molecule has 0 amide bonds. The molecule has 1 aliphatic heterocycles. The van der Waals surface area contributed by atoms with Gasteiger partial charge in [-0.2, -0.15) is 5.26 Å². The van der Waals surface area contributed by atoms with E-state index in [4.69, 9.17) is 10.4 Å². The zero-order chi connectivity index (χ0) is 13.0. The van der Waals surface area contributed by atoms with Crippen molar-refractivity contribution >= 4 is 11.3 Å². The van der Waals surface area contributed by atoms with Crippen LogP contribution in [0.4, 0.5) is 5.69 Å². The number of hydrogen-bond donors (Lipinski definition) is 1. The molecule has 0 bridgehead atoms. The smallest absolute Gasteiger partial charge is 0.103 e. The number of piperazine rings is 1. The molecule has 1 N–H and O–H groups in total. The average Bonchev–Trinajstić information content (AvgIpc) is 2.42. The number of allylic oxidation sites excluding steroid dienone is 1. The number of benzene rings is 1. The predicted molar refractivity (Wildman–Crippen MR) is 72.4 cm³/mol. The third kappa shape index (κ3) is 2.63. The fourth-order valence-corrected chi connectivity index (χ4v) is 2.08. The Balaban J connectivity index is 2.11. The quantitative estimate of drug-likeness (QED) is 0.636. The van der Waals surface area contributed by atoms with E-state index in [1.54, 1.807) is 0 Å². The van der Waals surface area contributed by atoms with Gasteiger partial charge in [0.05, 0.1) is 11.8 Å². The van der Waals surface area contributed by atoms with Gasteiger partial charge in [0.15, 0.2) is 0 Å². The number of nitriles is 1. The Morgan fingerprint density at radius 1 is 1.22 bits per heavy atom. The molecule has 1 heterocycles. The lowest BCUT2D eigenvalue weighted by Crippen LogP contribution is -2.44. The Morgan fingerprint density at radius 2 is 1.83 bits per heavy atom. The number of likely N-dealkylation sites (N-methyl/N-ethyl adjacent to an activating group) is 1. The van der Waals surface area contributed by atoms with E-state index in [0.29, 0.717) is 5.57 Å². The van der Waals surface area contributed by atoms with Crippen molar-refractivity contribution < 1.29 is 5.11 Å². The second-order valence-corrected chi connectivity index (χ2v) is 4.49. The highest BCUT2D eigenvalue weighted by atomic mass is 16.2. The van der Waals surface area contributed by atoms with Gasteiger partial charge in [0.2, 0.25) is 0 Å². The Labute approximate surface area is 107 Å². The number of aliphatic hydroxyl groups excluding tert-OH is 1. The molecule has 0 atom stereocenters. The summed E-state index contributed by atoms with van der Waals surface area (Å²) in [6.07, 6.45) is 0.852. The van der Waals surface area contributed by atoms with Crippen LogP contribution in [-0.4, -0.2) is 43.2 Å². The summed E-state index contributed by atoms with van der Waals surface area (Å²) in [4.78, 5) is 4.64. The first-order valence-corrected chi connectivity index (χ1v) is 6.03. The minimum absolute atomic E-state index is 0.292. The number of rotatable bonds is 2. The lowest BCUT2D eigenvalue weighted by Gasteiger charge is -2.34. The van der Waals surface area contributed by atoms with Crippen molar-refractivity contribution in [3.8, 4) is 6.07 Å².